The number of amides is 2. The summed E-state index contributed by atoms with van der Waals surface area (Å²) in [6, 6.07) is 3.01. The minimum absolute atomic E-state index is 0.413. The highest BCUT2D eigenvalue weighted by molar-refractivity contribution is 6.32. The van der Waals surface area contributed by atoms with Crippen LogP contribution in [0, 0.1) is 6.92 Å². The summed E-state index contributed by atoms with van der Waals surface area (Å²) < 4.78 is 5.07. The largest absolute Gasteiger partial charge is 0.495 e. The summed E-state index contributed by atoms with van der Waals surface area (Å²) in [6.07, 6.45) is 0. The Labute approximate surface area is 99.1 Å². The van der Waals surface area contributed by atoms with Gasteiger partial charge in [0.25, 0.3) is 0 Å². The maximum Gasteiger partial charge on any atom is 0.335 e. The van der Waals surface area contributed by atoms with E-state index >= 15 is 0 Å². The van der Waals surface area contributed by atoms with Gasteiger partial charge in [-0.25, -0.2) is 10.6 Å². The fraction of sp³-hybridized carbons (Fsp3) is 0.300. The Morgan fingerprint density at radius 3 is 2.69 bits per heavy atom. The number of urea groups is 1. The number of halogens is 1. The summed E-state index contributed by atoms with van der Waals surface area (Å²) in [5.74, 6) is 5.63. The lowest BCUT2D eigenvalue weighted by Crippen LogP contribution is -2.41. The number of hydrogen-bond donors (Lipinski definition) is 2. The molecule has 0 aliphatic carbocycles. The number of ether oxygens (including phenoxy) is 1. The van der Waals surface area contributed by atoms with E-state index in [1.54, 1.807) is 19.2 Å². The number of nitrogens with zero attached hydrogens (tertiary/aromatic N) is 1. The Kier molecular flexibility index (Phi) is 3.98. The third kappa shape index (κ3) is 2.37. The number of hydrazine groups is 1. The third-order valence-corrected chi connectivity index (χ3v) is 2.56. The van der Waals surface area contributed by atoms with Crippen LogP contribution in [0.5, 0.6) is 5.75 Å². The van der Waals surface area contributed by atoms with Crippen LogP contribution < -0.4 is 20.9 Å². The van der Waals surface area contributed by atoms with Crippen LogP contribution in [0.1, 0.15) is 5.56 Å². The van der Waals surface area contributed by atoms with Crippen LogP contribution in [-0.2, 0) is 0 Å². The lowest BCUT2D eigenvalue weighted by atomic mass is 10.2. The topological polar surface area (TPSA) is 67.6 Å². The van der Waals surface area contributed by atoms with Crippen molar-refractivity contribution >= 4 is 23.3 Å². The second kappa shape index (κ2) is 5.05. The Morgan fingerprint density at radius 2 is 2.19 bits per heavy atom. The van der Waals surface area contributed by atoms with Gasteiger partial charge in [0.2, 0.25) is 0 Å². The number of nitrogens with one attached hydrogen (secondary N) is 1. The molecule has 2 amide bonds. The van der Waals surface area contributed by atoms with Crippen molar-refractivity contribution in [3.05, 3.63) is 22.7 Å². The molecule has 16 heavy (non-hydrogen) atoms. The Balaban J connectivity index is 3.15. The number of nitrogens with two attached hydrogens (primary N) is 1. The van der Waals surface area contributed by atoms with Gasteiger partial charge in [-0.2, -0.15) is 0 Å². The minimum atomic E-state index is -0.413. The highest BCUT2D eigenvalue weighted by Crippen LogP contribution is 2.32. The maximum absolute atomic E-state index is 11.3. The van der Waals surface area contributed by atoms with E-state index in [2.05, 4.69) is 5.43 Å². The first kappa shape index (κ1) is 12.6. The van der Waals surface area contributed by atoms with Gasteiger partial charge in [0.15, 0.2) is 0 Å². The summed E-state index contributed by atoms with van der Waals surface area (Å²) in [7, 11) is 3.14. The predicted molar refractivity (Wildman–Crippen MR) is 63.9 cm³/mol. The first-order chi connectivity index (χ1) is 7.51. The summed E-state index contributed by atoms with van der Waals surface area (Å²) in [5.41, 5.74) is 3.59. The molecule has 0 bridgehead atoms. The number of aryl methyl sites for hydroxylation is 1. The number of carbonyl (C=O) groups excluding carboxylic acids is 1. The van der Waals surface area contributed by atoms with E-state index < -0.39 is 6.03 Å². The van der Waals surface area contributed by atoms with Gasteiger partial charge in [-0.05, 0) is 24.6 Å². The zero-order chi connectivity index (χ0) is 12.3. The van der Waals surface area contributed by atoms with Crippen LogP contribution in [0.15, 0.2) is 12.1 Å². The van der Waals surface area contributed by atoms with Crippen molar-refractivity contribution in [2.45, 2.75) is 6.92 Å². The first-order valence-electron chi connectivity index (χ1n) is 4.59. The predicted octanol–water partition coefficient (Wildman–Crippen LogP) is 1.68. The smallest absolute Gasteiger partial charge is 0.335 e. The zero-order valence-corrected chi connectivity index (χ0v) is 10.1. The van der Waals surface area contributed by atoms with Crippen molar-refractivity contribution in [2.24, 2.45) is 5.84 Å². The normalized spacial score (nSPS) is 9.81. The molecule has 5 nitrogen and oxygen atoms in total. The van der Waals surface area contributed by atoms with Gasteiger partial charge in [0.05, 0.1) is 12.1 Å². The molecule has 0 radical (unpaired) electrons. The number of benzene rings is 1. The monoisotopic (exact) mass is 243 g/mol. The number of carbonyl (C=O) groups is 1. The Bertz CT molecular complexity index is 409. The molecular formula is C10H14ClN3O2. The maximum atomic E-state index is 11.3. The van der Waals surface area contributed by atoms with E-state index in [9.17, 15) is 4.79 Å². The fourth-order valence-electron chi connectivity index (χ4n) is 1.37. The van der Waals surface area contributed by atoms with Crippen molar-refractivity contribution in [2.75, 3.05) is 19.1 Å². The average Bonchev–Trinajstić information content (AvgIpc) is 2.29. The number of anilines is 1. The molecule has 0 spiro atoms. The molecule has 0 heterocycles. The lowest BCUT2D eigenvalue weighted by Gasteiger charge is -2.19. The van der Waals surface area contributed by atoms with Crippen LogP contribution in [0.3, 0.4) is 0 Å². The molecule has 88 valence electrons. The molecule has 0 aromatic heterocycles. The van der Waals surface area contributed by atoms with E-state index in [4.69, 9.17) is 22.2 Å². The minimum Gasteiger partial charge on any atom is -0.495 e. The van der Waals surface area contributed by atoms with Gasteiger partial charge in [0.1, 0.15) is 5.75 Å². The van der Waals surface area contributed by atoms with Crippen molar-refractivity contribution in [3.63, 3.8) is 0 Å². The van der Waals surface area contributed by atoms with E-state index in [1.807, 2.05) is 6.92 Å². The number of rotatable bonds is 2. The second-order valence-corrected chi connectivity index (χ2v) is 3.69. The molecule has 6 heteroatoms. The molecule has 1 aromatic rings. The Hall–Kier alpha value is -1.46. The third-order valence-electron chi connectivity index (χ3n) is 2.26. The van der Waals surface area contributed by atoms with Gasteiger partial charge in [-0.3, -0.25) is 10.3 Å². The highest BCUT2D eigenvalue weighted by atomic mass is 35.5. The van der Waals surface area contributed by atoms with Crippen LogP contribution in [-0.4, -0.2) is 20.2 Å². The van der Waals surface area contributed by atoms with Gasteiger partial charge >= 0.3 is 6.03 Å². The van der Waals surface area contributed by atoms with Crippen molar-refractivity contribution < 1.29 is 9.53 Å². The molecule has 1 rings (SSSR count). The molecule has 0 aliphatic heterocycles. The fourth-order valence-corrected chi connectivity index (χ4v) is 1.60. The highest BCUT2D eigenvalue weighted by Gasteiger charge is 2.14. The molecular weight excluding hydrogens is 230 g/mol. The molecule has 0 saturated carbocycles. The number of methoxy groups -OCH3 is 1. The van der Waals surface area contributed by atoms with Gasteiger partial charge in [-0.1, -0.05) is 11.6 Å². The summed E-state index contributed by atoms with van der Waals surface area (Å²) in [5, 5.41) is 0.444. The molecule has 0 saturated heterocycles. The van der Waals surface area contributed by atoms with E-state index in [-0.39, 0.29) is 0 Å². The van der Waals surface area contributed by atoms with Crippen LogP contribution in [0.25, 0.3) is 0 Å². The van der Waals surface area contributed by atoms with E-state index in [0.717, 1.165) is 5.56 Å². The van der Waals surface area contributed by atoms with Gasteiger partial charge in [-0.15, -0.1) is 0 Å². The van der Waals surface area contributed by atoms with E-state index in [1.165, 1.54) is 12.0 Å². The van der Waals surface area contributed by atoms with Crippen LogP contribution in [0.4, 0.5) is 10.5 Å². The second-order valence-electron chi connectivity index (χ2n) is 3.28. The SMILES string of the molecule is COc1cc(C)c(N(C)C(=O)NN)cc1Cl. The molecule has 3 N–H and O–H groups in total. The zero-order valence-electron chi connectivity index (χ0n) is 9.37. The van der Waals surface area contributed by atoms with Crippen LogP contribution in [0.2, 0.25) is 5.02 Å². The molecule has 0 unspecified atom stereocenters. The van der Waals surface area contributed by atoms with Gasteiger partial charge in [0, 0.05) is 12.7 Å². The van der Waals surface area contributed by atoms with Crippen molar-refractivity contribution in [3.8, 4) is 5.75 Å². The Morgan fingerprint density at radius 1 is 1.56 bits per heavy atom. The lowest BCUT2D eigenvalue weighted by molar-refractivity contribution is 0.247. The quantitative estimate of drug-likeness (QED) is 0.472. The van der Waals surface area contributed by atoms with Crippen LogP contribution >= 0.6 is 11.6 Å². The van der Waals surface area contributed by atoms with Gasteiger partial charge < -0.3 is 4.74 Å². The van der Waals surface area contributed by atoms with Crippen molar-refractivity contribution in [1.82, 2.24) is 5.43 Å². The molecule has 0 atom stereocenters. The summed E-state index contributed by atoms with van der Waals surface area (Å²) in [4.78, 5) is 12.7. The van der Waals surface area contributed by atoms with Crippen molar-refractivity contribution in [1.29, 1.82) is 0 Å². The number of hydrogen-bond acceptors (Lipinski definition) is 3. The summed E-state index contributed by atoms with van der Waals surface area (Å²) >= 11 is 5.98. The molecule has 1 aromatic carbocycles. The standard InChI is InChI=1S/C10H14ClN3O2/c1-6-4-9(16-3)7(11)5-8(6)14(2)10(15)13-12/h4-5H,12H2,1-3H3,(H,13,15). The summed E-state index contributed by atoms with van der Waals surface area (Å²) in [6.45, 7) is 1.86. The first-order valence-corrected chi connectivity index (χ1v) is 4.97. The van der Waals surface area contributed by atoms with E-state index in [0.29, 0.717) is 16.5 Å². The average molecular weight is 244 g/mol. The molecule has 0 fully saturated rings. The molecule has 0 aliphatic rings.